The number of aliphatic imine (C=N–C) groups is 1. The summed E-state index contributed by atoms with van der Waals surface area (Å²) in [5.74, 6) is 1.53. The fraction of sp³-hybridized carbons (Fsp3) is 0.278. The van der Waals surface area contributed by atoms with Crippen molar-refractivity contribution in [2.24, 2.45) is 10.1 Å². The first-order chi connectivity index (χ1) is 12.5. The van der Waals surface area contributed by atoms with Gasteiger partial charge < -0.3 is 15.4 Å². The van der Waals surface area contributed by atoms with Gasteiger partial charge in [0.25, 0.3) is 0 Å². The predicted molar refractivity (Wildman–Crippen MR) is 118 cm³/mol. The Balaban J connectivity index is 0.00000364. The summed E-state index contributed by atoms with van der Waals surface area (Å²) in [6.07, 6.45) is 0.832. The third kappa shape index (κ3) is 8.59. The highest BCUT2D eigenvalue weighted by Gasteiger charge is 2.06. The lowest BCUT2D eigenvalue weighted by Crippen LogP contribution is -2.37. The number of nitrogens with one attached hydrogen (secondary N) is 2. The van der Waals surface area contributed by atoms with Gasteiger partial charge in [0, 0.05) is 20.1 Å². The van der Waals surface area contributed by atoms with Crippen LogP contribution in [0, 0.1) is 0 Å². The van der Waals surface area contributed by atoms with Crippen LogP contribution < -0.4 is 20.5 Å². The molecule has 2 aromatic rings. The van der Waals surface area contributed by atoms with Crippen LogP contribution in [0.3, 0.4) is 0 Å². The maximum Gasteiger partial charge on any atom is 0.238 e. The predicted octanol–water partition coefficient (Wildman–Crippen LogP) is 2.09. The van der Waals surface area contributed by atoms with Crippen molar-refractivity contribution in [3.63, 3.8) is 0 Å². The van der Waals surface area contributed by atoms with Gasteiger partial charge in [-0.05, 0) is 36.2 Å². The molecule has 27 heavy (non-hydrogen) atoms. The number of hydrogen-bond acceptors (Lipinski definition) is 4. The van der Waals surface area contributed by atoms with E-state index in [-0.39, 0.29) is 28.9 Å². The van der Waals surface area contributed by atoms with Crippen molar-refractivity contribution in [2.75, 3.05) is 20.2 Å². The second-order valence-corrected chi connectivity index (χ2v) is 7.12. The molecule has 0 aliphatic heterocycles. The van der Waals surface area contributed by atoms with E-state index in [9.17, 15) is 8.42 Å². The van der Waals surface area contributed by atoms with E-state index in [4.69, 9.17) is 9.88 Å². The normalized spacial score (nSPS) is 11.4. The van der Waals surface area contributed by atoms with Gasteiger partial charge in [0.05, 0.1) is 11.5 Å². The van der Waals surface area contributed by atoms with Gasteiger partial charge in [0.1, 0.15) is 5.75 Å². The summed E-state index contributed by atoms with van der Waals surface area (Å²) in [7, 11) is -1.97. The minimum atomic E-state index is -3.66. The van der Waals surface area contributed by atoms with Crippen LogP contribution in [-0.4, -0.2) is 34.6 Å². The van der Waals surface area contributed by atoms with E-state index in [1.54, 1.807) is 19.2 Å². The topological polar surface area (TPSA) is 106 Å². The molecular formula is C18H25IN4O3S. The van der Waals surface area contributed by atoms with Crippen molar-refractivity contribution in [1.29, 1.82) is 0 Å². The largest absolute Gasteiger partial charge is 0.494 e. The Kier molecular flexibility index (Phi) is 10.1. The zero-order chi connectivity index (χ0) is 18.8. The number of sulfonamides is 1. The van der Waals surface area contributed by atoms with Crippen LogP contribution in [0.5, 0.6) is 5.75 Å². The number of para-hydroxylation sites is 1. The zero-order valence-corrected chi connectivity index (χ0v) is 18.2. The van der Waals surface area contributed by atoms with Gasteiger partial charge in [-0.1, -0.05) is 30.3 Å². The molecule has 4 N–H and O–H groups in total. The highest BCUT2D eigenvalue weighted by Crippen LogP contribution is 2.09. The summed E-state index contributed by atoms with van der Waals surface area (Å²) in [6, 6.07) is 16.1. The Bertz CT molecular complexity index is 812. The second-order valence-electron chi connectivity index (χ2n) is 5.56. The van der Waals surface area contributed by atoms with E-state index in [0.717, 1.165) is 24.3 Å². The molecule has 2 rings (SSSR count). The van der Waals surface area contributed by atoms with Crippen molar-refractivity contribution < 1.29 is 13.2 Å². The van der Waals surface area contributed by atoms with Crippen LogP contribution >= 0.6 is 24.0 Å². The molecule has 2 aromatic carbocycles. The smallest absolute Gasteiger partial charge is 0.238 e. The summed E-state index contributed by atoms with van der Waals surface area (Å²) in [5.41, 5.74) is 0.924. The summed E-state index contributed by atoms with van der Waals surface area (Å²) in [5, 5.41) is 11.5. The lowest BCUT2D eigenvalue weighted by atomic mass is 10.2. The first-order valence-corrected chi connectivity index (χ1v) is 9.78. The van der Waals surface area contributed by atoms with Crippen molar-refractivity contribution in [2.45, 2.75) is 17.9 Å². The van der Waals surface area contributed by atoms with Crippen LogP contribution in [-0.2, 0) is 16.6 Å². The average Bonchev–Trinajstić information content (AvgIpc) is 2.64. The molecule has 0 aliphatic rings. The van der Waals surface area contributed by atoms with Crippen molar-refractivity contribution in [1.82, 2.24) is 10.6 Å². The molecule has 0 aliphatic carbocycles. The summed E-state index contributed by atoms with van der Waals surface area (Å²) in [4.78, 5) is 4.25. The van der Waals surface area contributed by atoms with Gasteiger partial charge in [0.15, 0.2) is 5.96 Å². The molecule has 0 heterocycles. The van der Waals surface area contributed by atoms with Gasteiger partial charge in [-0.3, -0.25) is 4.99 Å². The zero-order valence-electron chi connectivity index (χ0n) is 15.1. The Morgan fingerprint density at radius 2 is 1.74 bits per heavy atom. The van der Waals surface area contributed by atoms with Crippen molar-refractivity contribution in [3.05, 3.63) is 60.2 Å². The van der Waals surface area contributed by atoms with Crippen molar-refractivity contribution >= 4 is 40.0 Å². The standard InChI is InChI=1S/C18H24N4O3S.HI/c1-20-18(21-12-5-13-25-16-6-3-2-4-7-16)22-14-15-8-10-17(11-9-15)26(19,23)24;/h2-4,6-11H,5,12-14H2,1H3,(H2,19,23,24)(H2,20,21,22);1H. The van der Waals surface area contributed by atoms with Crippen LogP contribution in [0.1, 0.15) is 12.0 Å². The molecule has 0 aromatic heterocycles. The number of nitrogens with zero attached hydrogens (tertiary/aromatic N) is 1. The van der Waals surface area contributed by atoms with Crippen LogP contribution in [0.2, 0.25) is 0 Å². The SMILES string of the molecule is CN=C(NCCCOc1ccccc1)NCc1ccc(S(N)(=O)=O)cc1.I. The van der Waals surface area contributed by atoms with Crippen LogP contribution in [0.25, 0.3) is 0 Å². The number of hydrogen-bond donors (Lipinski definition) is 3. The molecule has 0 fully saturated rings. The van der Waals surface area contributed by atoms with Crippen LogP contribution in [0.15, 0.2) is 64.5 Å². The van der Waals surface area contributed by atoms with Gasteiger partial charge in [-0.15, -0.1) is 24.0 Å². The Labute approximate surface area is 177 Å². The molecule has 0 amide bonds. The first kappa shape index (κ1) is 23.2. The number of guanidine groups is 1. The Hall–Kier alpha value is -1.85. The van der Waals surface area contributed by atoms with Crippen LogP contribution in [0.4, 0.5) is 0 Å². The number of nitrogens with two attached hydrogens (primary N) is 1. The molecular weight excluding hydrogens is 479 g/mol. The van der Waals surface area contributed by atoms with Gasteiger partial charge in [-0.2, -0.15) is 0 Å². The third-order valence-corrected chi connectivity index (χ3v) is 4.49. The molecule has 0 bridgehead atoms. The summed E-state index contributed by atoms with van der Waals surface area (Å²) < 4.78 is 28.1. The van der Waals surface area contributed by atoms with E-state index < -0.39 is 10.0 Å². The molecule has 0 atom stereocenters. The van der Waals surface area contributed by atoms with E-state index >= 15 is 0 Å². The maximum absolute atomic E-state index is 11.2. The fourth-order valence-electron chi connectivity index (χ4n) is 2.19. The number of benzene rings is 2. The average molecular weight is 504 g/mol. The van der Waals surface area contributed by atoms with Gasteiger partial charge in [0.2, 0.25) is 10.0 Å². The molecule has 148 valence electrons. The highest BCUT2D eigenvalue weighted by molar-refractivity contribution is 14.0. The molecule has 0 unspecified atom stereocenters. The molecule has 0 radical (unpaired) electrons. The third-order valence-electron chi connectivity index (χ3n) is 3.56. The van der Waals surface area contributed by atoms with Crippen molar-refractivity contribution in [3.8, 4) is 5.75 Å². The minimum absolute atomic E-state index is 0. The van der Waals surface area contributed by atoms with E-state index in [1.807, 2.05) is 30.3 Å². The molecule has 0 spiro atoms. The summed E-state index contributed by atoms with van der Waals surface area (Å²) in [6.45, 7) is 1.85. The molecule has 7 nitrogen and oxygen atoms in total. The van der Waals surface area contributed by atoms with Gasteiger partial charge >= 0.3 is 0 Å². The maximum atomic E-state index is 11.2. The lowest BCUT2D eigenvalue weighted by Gasteiger charge is -2.12. The quantitative estimate of drug-likeness (QED) is 0.221. The molecule has 9 heteroatoms. The number of rotatable bonds is 8. The Morgan fingerprint density at radius 3 is 2.33 bits per heavy atom. The summed E-state index contributed by atoms with van der Waals surface area (Å²) >= 11 is 0. The molecule has 0 saturated carbocycles. The lowest BCUT2D eigenvalue weighted by molar-refractivity contribution is 0.311. The van der Waals surface area contributed by atoms with Gasteiger partial charge in [-0.25, -0.2) is 13.6 Å². The highest BCUT2D eigenvalue weighted by atomic mass is 127. The van der Waals surface area contributed by atoms with E-state index in [1.165, 1.54) is 12.1 Å². The van der Waals surface area contributed by atoms with E-state index in [2.05, 4.69) is 15.6 Å². The number of primary sulfonamides is 1. The number of ether oxygens (including phenoxy) is 1. The fourth-order valence-corrected chi connectivity index (χ4v) is 2.70. The van der Waals surface area contributed by atoms with E-state index in [0.29, 0.717) is 19.1 Å². The second kappa shape index (κ2) is 11.8. The molecule has 0 saturated heterocycles. The Morgan fingerprint density at radius 1 is 1.07 bits per heavy atom. The minimum Gasteiger partial charge on any atom is -0.494 e. The first-order valence-electron chi connectivity index (χ1n) is 8.23. The number of halogens is 1. The monoisotopic (exact) mass is 504 g/mol.